The average molecular weight is 350 g/mol. The van der Waals surface area contributed by atoms with Crippen molar-refractivity contribution in [3.05, 3.63) is 60.2 Å². The number of aromatic nitrogens is 1. The molecule has 0 aliphatic carbocycles. The number of hydrogen-bond acceptors (Lipinski definition) is 4. The van der Waals surface area contributed by atoms with Gasteiger partial charge in [-0.15, -0.1) is 0 Å². The summed E-state index contributed by atoms with van der Waals surface area (Å²) in [6.45, 7) is 0.402. The molecule has 0 amide bonds. The number of nitrogens with zero attached hydrogens (tertiary/aromatic N) is 2. The zero-order chi connectivity index (χ0) is 17.2. The van der Waals surface area contributed by atoms with E-state index < -0.39 is 16.1 Å². The minimum atomic E-state index is -3.65. The van der Waals surface area contributed by atoms with Gasteiger partial charge >= 0.3 is 0 Å². The van der Waals surface area contributed by atoms with Crippen LogP contribution in [0.3, 0.4) is 0 Å². The Kier molecular flexibility index (Phi) is 4.93. The van der Waals surface area contributed by atoms with E-state index in [1.807, 2.05) is 0 Å². The van der Waals surface area contributed by atoms with Crippen LogP contribution in [-0.2, 0) is 16.4 Å². The molecule has 3 rings (SSSR count). The first-order valence-corrected chi connectivity index (χ1v) is 9.24. The summed E-state index contributed by atoms with van der Waals surface area (Å²) in [5.41, 5.74) is 0.488. The lowest BCUT2D eigenvalue weighted by Crippen LogP contribution is -2.46. The standard InChI is InChI=1S/C17H19FN2O3S/c18-16-6-2-1-4-13(16)10-14-12-20(9-7-17(14)21)24(22,23)15-5-3-8-19-11-15/h1-6,8,11,14,17,21H,7,9-10,12H2/t14-,17+/m1/s1. The number of aliphatic hydroxyl groups excluding tert-OH is 1. The molecule has 0 unspecified atom stereocenters. The molecular formula is C17H19FN2O3S. The van der Waals surface area contributed by atoms with Gasteiger partial charge < -0.3 is 5.11 Å². The zero-order valence-electron chi connectivity index (χ0n) is 13.0. The molecular weight excluding hydrogens is 331 g/mol. The van der Waals surface area contributed by atoms with Crippen molar-refractivity contribution in [3.63, 3.8) is 0 Å². The lowest BCUT2D eigenvalue weighted by atomic mass is 9.89. The highest BCUT2D eigenvalue weighted by atomic mass is 32.2. The predicted molar refractivity (Wildman–Crippen MR) is 87.2 cm³/mol. The van der Waals surface area contributed by atoms with E-state index in [1.54, 1.807) is 24.3 Å². The fourth-order valence-corrected chi connectivity index (χ4v) is 4.48. The monoisotopic (exact) mass is 350 g/mol. The Balaban J connectivity index is 1.80. The smallest absolute Gasteiger partial charge is 0.244 e. The van der Waals surface area contributed by atoms with Crippen molar-refractivity contribution in [1.82, 2.24) is 9.29 Å². The minimum Gasteiger partial charge on any atom is -0.393 e. The van der Waals surface area contributed by atoms with Gasteiger partial charge in [0.05, 0.1) is 6.10 Å². The van der Waals surface area contributed by atoms with E-state index in [2.05, 4.69) is 4.98 Å². The number of rotatable bonds is 4. The zero-order valence-corrected chi connectivity index (χ0v) is 13.9. The van der Waals surface area contributed by atoms with Crippen molar-refractivity contribution in [2.45, 2.75) is 23.8 Å². The predicted octanol–water partition coefficient (Wildman–Crippen LogP) is 1.83. The third-order valence-corrected chi connectivity index (χ3v) is 6.22. The van der Waals surface area contributed by atoms with Gasteiger partial charge in [0.2, 0.25) is 10.0 Å². The van der Waals surface area contributed by atoms with Crippen molar-refractivity contribution in [2.24, 2.45) is 5.92 Å². The summed E-state index contributed by atoms with van der Waals surface area (Å²) in [7, 11) is -3.65. The van der Waals surface area contributed by atoms with Gasteiger partial charge in [0.15, 0.2) is 0 Å². The van der Waals surface area contributed by atoms with Gasteiger partial charge in [-0.05, 0) is 36.6 Å². The number of benzene rings is 1. The van der Waals surface area contributed by atoms with Crippen LogP contribution in [0.4, 0.5) is 4.39 Å². The van der Waals surface area contributed by atoms with Gasteiger partial charge in [0.1, 0.15) is 10.7 Å². The van der Waals surface area contributed by atoms with Crippen molar-refractivity contribution in [1.29, 1.82) is 0 Å². The molecule has 2 heterocycles. The molecule has 0 saturated carbocycles. The van der Waals surface area contributed by atoms with E-state index in [-0.39, 0.29) is 29.7 Å². The summed E-state index contributed by atoms with van der Waals surface area (Å²) in [5.74, 6) is -0.681. The number of hydrogen-bond donors (Lipinski definition) is 1. The van der Waals surface area contributed by atoms with E-state index >= 15 is 0 Å². The van der Waals surface area contributed by atoms with Crippen LogP contribution in [0.25, 0.3) is 0 Å². The van der Waals surface area contributed by atoms with Gasteiger partial charge in [-0.25, -0.2) is 12.8 Å². The molecule has 1 aliphatic heterocycles. The van der Waals surface area contributed by atoms with Crippen LogP contribution >= 0.6 is 0 Å². The second kappa shape index (κ2) is 6.96. The average Bonchev–Trinajstić information content (AvgIpc) is 2.59. The Hall–Kier alpha value is -1.83. The molecule has 7 heteroatoms. The van der Waals surface area contributed by atoms with E-state index in [4.69, 9.17) is 0 Å². The van der Waals surface area contributed by atoms with Crippen LogP contribution in [0.5, 0.6) is 0 Å². The van der Waals surface area contributed by atoms with Crippen LogP contribution in [0, 0.1) is 11.7 Å². The highest BCUT2D eigenvalue weighted by Crippen LogP contribution is 2.26. The maximum atomic E-state index is 13.8. The maximum absolute atomic E-state index is 13.8. The van der Waals surface area contributed by atoms with Crippen LogP contribution in [0.1, 0.15) is 12.0 Å². The van der Waals surface area contributed by atoms with Gasteiger partial charge in [-0.2, -0.15) is 4.31 Å². The molecule has 0 bridgehead atoms. The molecule has 1 saturated heterocycles. The lowest BCUT2D eigenvalue weighted by molar-refractivity contribution is 0.0536. The number of pyridine rings is 1. The Morgan fingerprint density at radius 2 is 2.04 bits per heavy atom. The summed E-state index contributed by atoms with van der Waals surface area (Å²) in [4.78, 5) is 3.98. The Morgan fingerprint density at radius 1 is 1.25 bits per heavy atom. The molecule has 1 aliphatic rings. The van der Waals surface area contributed by atoms with Gasteiger partial charge in [-0.1, -0.05) is 18.2 Å². The van der Waals surface area contributed by atoms with Gasteiger partial charge in [0.25, 0.3) is 0 Å². The first-order valence-electron chi connectivity index (χ1n) is 7.80. The molecule has 2 atom stereocenters. The summed E-state index contributed by atoms with van der Waals surface area (Å²) < 4.78 is 40.6. The fraction of sp³-hybridized carbons (Fsp3) is 0.353. The summed E-state index contributed by atoms with van der Waals surface area (Å²) in [6.07, 6.45) is 2.81. The van der Waals surface area contributed by atoms with Crippen molar-refractivity contribution in [3.8, 4) is 0 Å². The van der Waals surface area contributed by atoms with E-state index in [1.165, 1.54) is 28.8 Å². The quantitative estimate of drug-likeness (QED) is 0.913. The van der Waals surface area contributed by atoms with Crippen LogP contribution < -0.4 is 0 Å². The topological polar surface area (TPSA) is 70.5 Å². The number of piperidine rings is 1. The molecule has 1 aromatic carbocycles. The molecule has 1 N–H and O–H groups in total. The van der Waals surface area contributed by atoms with Crippen LogP contribution in [0.15, 0.2) is 53.7 Å². The van der Waals surface area contributed by atoms with Gasteiger partial charge in [-0.3, -0.25) is 4.98 Å². The molecule has 24 heavy (non-hydrogen) atoms. The third-order valence-electron chi connectivity index (χ3n) is 4.37. The molecule has 1 aromatic heterocycles. The normalized spacial score (nSPS) is 22.4. The van der Waals surface area contributed by atoms with Crippen molar-refractivity contribution >= 4 is 10.0 Å². The Bertz CT molecular complexity index is 798. The Morgan fingerprint density at radius 3 is 2.75 bits per heavy atom. The first kappa shape index (κ1) is 17.0. The summed E-state index contributed by atoms with van der Waals surface area (Å²) in [6, 6.07) is 9.44. The van der Waals surface area contributed by atoms with E-state index in [0.717, 1.165) is 0 Å². The lowest BCUT2D eigenvalue weighted by Gasteiger charge is -2.35. The molecule has 0 spiro atoms. The van der Waals surface area contributed by atoms with Crippen LogP contribution in [-0.4, -0.2) is 42.0 Å². The molecule has 2 aromatic rings. The summed E-state index contributed by atoms with van der Waals surface area (Å²) >= 11 is 0. The molecule has 1 fully saturated rings. The molecule has 5 nitrogen and oxygen atoms in total. The second-order valence-electron chi connectivity index (χ2n) is 5.96. The Labute approximate surface area is 140 Å². The SMILES string of the molecule is O=S(=O)(c1cccnc1)N1CC[C@H](O)[C@H](Cc2ccccc2F)C1. The van der Waals surface area contributed by atoms with E-state index in [0.29, 0.717) is 18.4 Å². The van der Waals surface area contributed by atoms with Crippen molar-refractivity contribution in [2.75, 3.05) is 13.1 Å². The highest BCUT2D eigenvalue weighted by Gasteiger charge is 2.35. The third kappa shape index (κ3) is 3.48. The maximum Gasteiger partial charge on any atom is 0.244 e. The largest absolute Gasteiger partial charge is 0.393 e. The first-order chi connectivity index (χ1) is 11.5. The van der Waals surface area contributed by atoms with Crippen LogP contribution in [0.2, 0.25) is 0 Å². The number of sulfonamides is 1. The number of aliphatic hydroxyl groups is 1. The highest BCUT2D eigenvalue weighted by molar-refractivity contribution is 7.89. The minimum absolute atomic E-state index is 0.131. The fourth-order valence-electron chi connectivity index (χ4n) is 3.00. The number of halogens is 1. The van der Waals surface area contributed by atoms with Gasteiger partial charge in [0, 0.05) is 31.4 Å². The second-order valence-corrected chi connectivity index (χ2v) is 7.90. The molecule has 128 valence electrons. The van der Waals surface area contributed by atoms with E-state index in [9.17, 15) is 17.9 Å². The summed E-state index contributed by atoms with van der Waals surface area (Å²) in [5, 5.41) is 10.2. The molecule has 0 radical (unpaired) electrons. The van der Waals surface area contributed by atoms with Crippen molar-refractivity contribution < 1.29 is 17.9 Å².